The molecule has 0 radical (unpaired) electrons. The van der Waals surface area contributed by atoms with E-state index >= 15 is 0 Å². The van der Waals surface area contributed by atoms with E-state index in [1.165, 1.54) is 13.0 Å². The van der Waals surface area contributed by atoms with Gasteiger partial charge in [-0.05, 0) is 30.7 Å². The molecule has 0 bridgehead atoms. The maximum Gasteiger partial charge on any atom is 0.308 e. The molecule has 23 heavy (non-hydrogen) atoms. The fourth-order valence-corrected chi connectivity index (χ4v) is 1.72. The molecule has 2 aromatic rings. The highest BCUT2D eigenvalue weighted by molar-refractivity contribution is 6.09. The number of rotatable bonds is 4. The molecule has 0 fully saturated rings. The van der Waals surface area contributed by atoms with E-state index in [2.05, 4.69) is 10.5 Å². The van der Waals surface area contributed by atoms with Gasteiger partial charge < -0.3 is 14.6 Å². The van der Waals surface area contributed by atoms with Crippen LogP contribution in [0.2, 0.25) is 0 Å². The summed E-state index contributed by atoms with van der Waals surface area (Å²) >= 11 is 0. The van der Waals surface area contributed by atoms with Crippen molar-refractivity contribution in [1.29, 1.82) is 5.26 Å². The van der Waals surface area contributed by atoms with Gasteiger partial charge in [0.05, 0.1) is 0 Å². The van der Waals surface area contributed by atoms with E-state index in [9.17, 15) is 9.59 Å². The number of carbonyl (C=O) groups is 2. The van der Waals surface area contributed by atoms with Crippen molar-refractivity contribution >= 4 is 23.8 Å². The average Bonchev–Trinajstić information content (AvgIpc) is 2.91. The molecule has 0 spiro atoms. The maximum absolute atomic E-state index is 12.0. The fraction of sp³-hybridized carbons (Fsp3) is 0.125. The molecule has 1 aromatic carbocycles. The summed E-state index contributed by atoms with van der Waals surface area (Å²) < 4.78 is 9.74. The smallest absolute Gasteiger partial charge is 0.308 e. The number of nitrogens with one attached hydrogen (secondary N) is 1. The topological polar surface area (TPSA) is 105 Å². The summed E-state index contributed by atoms with van der Waals surface area (Å²) in [7, 11) is 0. The molecule has 1 amide bonds. The third-order valence-corrected chi connectivity index (χ3v) is 2.69. The van der Waals surface area contributed by atoms with E-state index in [0.29, 0.717) is 17.1 Å². The van der Waals surface area contributed by atoms with Gasteiger partial charge in [0.1, 0.15) is 23.2 Å². The second kappa shape index (κ2) is 7.04. The minimum Gasteiger partial charge on any atom is -0.427 e. The molecule has 7 heteroatoms. The highest BCUT2D eigenvalue weighted by Gasteiger charge is 2.11. The standard InChI is InChI=1S/C16H13N3O4/c1-10-7-15(19-23-10)18-16(21)13(9-17)8-12-3-5-14(6-4-12)22-11(2)20/h3-8H,1-2H3,(H,18,19,21)/b13-8-. The van der Waals surface area contributed by atoms with Crippen molar-refractivity contribution in [3.8, 4) is 11.8 Å². The number of anilines is 1. The van der Waals surface area contributed by atoms with E-state index in [4.69, 9.17) is 14.5 Å². The quantitative estimate of drug-likeness (QED) is 0.402. The normalized spacial score (nSPS) is 10.7. The summed E-state index contributed by atoms with van der Waals surface area (Å²) in [5.74, 6) is 0.150. The van der Waals surface area contributed by atoms with Gasteiger partial charge in [0, 0.05) is 13.0 Å². The molecule has 0 saturated heterocycles. The number of aryl methyl sites for hydroxylation is 1. The Morgan fingerprint density at radius 3 is 2.57 bits per heavy atom. The number of ether oxygens (including phenoxy) is 1. The van der Waals surface area contributed by atoms with Crippen molar-refractivity contribution in [2.45, 2.75) is 13.8 Å². The van der Waals surface area contributed by atoms with Crippen molar-refractivity contribution in [1.82, 2.24) is 5.16 Å². The van der Waals surface area contributed by atoms with E-state index in [1.807, 2.05) is 6.07 Å². The fourth-order valence-electron chi connectivity index (χ4n) is 1.72. The SMILES string of the molecule is CC(=O)Oc1ccc(/C=C(/C#N)C(=O)Nc2cc(C)on2)cc1. The first-order valence-corrected chi connectivity index (χ1v) is 6.63. The van der Waals surface area contributed by atoms with Gasteiger partial charge >= 0.3 is 5.97 Å². The van der Waals surface area contributed by atoms with E-state index in [1.54, 1.807) is 37.3 Å². The first-order chi connectivity index (χ1) is 11.0. The van der Waals surface area contributed by atoms with E-state index in [-0.39, 0.29) is 11.4 Å². The molecule has 0 aliphatic carbocycles. The van der Waals surface area contributed by atoms with Crippen LogP contribution in [-0.2, 0) is 9.59 Å². The number of aromatic nitrogens is 1. The molecule has 0 atom stereocenters. The molecule has 0 saturated carbocycles. The zero-order chi connectivity index (χ0) is 16.8. The van der Waals surface area contributed by atoms with Gasteiger partial charge in [0.25, 0.3) is 5.91 Å². The predicted molar refractivity (Wildman–Crippen MR) is 81.2 cm³/mol. The third kappa shape index (κ3) is 4.54. The van der Waals surface area contributed by atoms with Crippen LogP contribution in [0.3, 0.4) is 0 Å². The van der Waals surface area contributed by atoms with Crippen LogP contribution in [0.1, 0.15) is 18.2 Å². The zero-order valence-corrected chi connectivity index (χ0v) is 12.5. The Morgan fingerprint density at radius 1 is 1.35 bits per heavy atom. The molecule has 2 rings (SSSR count). The molecule has 0 aliphatic heterocycles. The van der Waals surface area contributed by atoms with Gasteiger partial charge in [0.2, 0.25) is 0 Å². The van der Waals surface area contributed by atoms with Crippen LogP contribution in [0, 0.1) is 18.3 Å². The molecule has 116 valence electrons. The molecule has 0 unspecified atom stereocenters. The lowest BCUT2D eigenvalue weighted by atomic mass is 10.1. The Bertz CT molecular complexity index is 797. The second-order valence-electron chi connectivity index (χ2n) is 4.61. The lowest BCUT2D eigenvalue weighted by Gasteiger charge is -2.02. The van der Waals surface area contributed by atoms with Crippen molar-refractivity contribution in [3.63, 3.8) is 0 Å². The average molecular weight is 311 g/mol. The Labute approximate surface area is 132 Å². The second-order valence-corrected chi connectivity index (χ2v) is 4.61. The molecule has 1 N–H and O–H groups in total. The minimum atomic E-state index is -0.593. The number of hydrogen-bond acceptors (Lipinski definition) is 6. The van der Waals surface area contributed by atoms with Crippen molar-refractivity contribution in [3.05, 3.63) is 47.2 Å². The van der Waals surface area contributed by atoms with Crippen LogP contribution in [0.4, 0.5) is 5.82 Å². The van der Waals surface area contributed by atoms with Gasteiger partial charge in [-0.25, -0.2) is 0 Å². The molecule has 0 aliphatic rings. The van der Waals surface area contributed by atoms with Gasteiger partial charge in [-0.1, -0.05) is 17.3 Å². The highest BCUT2D eigenvalue weighted by Crippen LogP contribution is 2.16. The molecule has 7 nitrogen and oxygen atoms in total. The van der Waals surface area contributed by atoms with Crippen LogP contribution in [-0.4, -0.2) is 17.0 Å². The Hall–Kier alpha value is -3.40. The number of carbonyl (C=O) groups excluding carboxylic acids is 2. The largest absolute Gasteiger partial charge is 0.427 e. The first kappa shape index (κ1) is 16.0. The molecule has 1 heterocycles. The summed E-state index contributed by atoms with van der Waals surface area (Å²) in [6, 6.07) is 9.77. The Balaban J connectivity index is 2.13. The Morgan fingerprint density at radius 2 is 2.04 bits per heavy atom. The summed E-state index contributed by atoms with van der Waals surface area (Å²) in [6.45, 7) is 2.99. The number of amides is 1. The summed E-state index contributed by atoms with van der Waals surface area (Å²) in [6.07, 6.45) is 1.42. The van der Waals surface area contributed by atoms with Crippen LogP contribution in [0.25, 0.3) is 6.08 Å². The summed E-state index contributed by atoms with van der Waals surface area (Å²) in [4.78, 5) is 22.9. The predicted octanol–water partition coefficient (Wildman–Crippen LogP) is 2.45. The molecule has 1 aromatic heterocycles. The van der Waals surface area contributed by atoms with Gasteiger partial charge in [-0.15, -0.1) is 0 Å². The number of hydrogen-bond donors (Lipinski definition) is 1. The summed E-state index contributed by atoms with van der Waals surface area (Å²) in [5.41, 5.74) is 0.523. The van der Waals surface area contributed by atoms with Crippen LogP contribution in [0.15, 0.2) is 40.4 Å². The first-order valence-electron chi connectivity index (χ1n) is 6.63. The van der Waals surface area contributed by atoms with Gasteiger partial charge in [-0.2, -0.15) is 5.26 Å². The maximum atomic E-state index is 12.0. The van der Waals surface area contributed by atoms with Gasteiger partial charge in [0.15, 0.2) is 5.82 Å². The third-order valence-electron chi connectivity index (χ3n) is 2.69. The molecular weight excluding hydrogens is 298 g/mol. The van der Waals surface area contributed by atoms with Crippen LogP contribution >= 0.6 is 0 Å². The Kier molecular flexibility index (Phi) is 4.89. The summed E-state index contributed by atoms with van der Waals surface area (Å²) in [5, 5.41) is 15.2. The highest BCUT2D eigenvalue weighted by atomic mass is 16.5. The number of nitrogens with zero attached hydrogens (tertiary/aromatic N) is 2. The zero-order valence-electron chi connectivity index (χ0n) is 12.5. The lowest BCUT2D eigenvalue weighted by Crippen LogP contribution is -2.13. The monoisotopic (exact) mass is 311 g/mol. The number of benzene rings is 1. The number of esters is 1. The molecular formula is C16H13N3O4. The lowest BCUT2D eigenvalue weighted by molar-refractivity contribution is -0.131. The van der Waals surface area contributed by atoms with E-state index in [0.717, 1.165) is 0 Å². The van der Waals surface area contributed by atoms with Crippen LogP contribution in [0.5, 0.6) is 5.75 Å². The van der Waals surface area contributed by atoms with Crippen molar-refractivity contribution < 1.29 is 18.8 Å². The van der Waals surface area contributed by atoms with Gasteiger partial charge in [-0.3, -0.25) is 9.59 Å². The minimum absolute atomic E-state index is 0.0918. The van der Waals surface area contributed by atoms with Crippen molar-refractivity contribution in [2.75, 3.05) is 5.32 Å². The number of nitriles is 1. The van der Waals surface area contributed by atoms with Crippen LogP contribution < -0.4 is 10.1 Å². The van der Waals surface area contributed by atoms with E-state index < -0.39 is 11.9 Å². The van der Waals surface area contributed by atoms with Crippen molar-refractivity contribution in [2.24, 2.45) is 0 Å².